The number of rotatable bonds is 7. The average Bonchev–Trinajstić information content (AvgIpc) is 3.33. The monoisotopic (exact) mass is 417 g/mol. The molecule has 1 atom stereocenters. The van der Waals surface area contributed by atoms with Crippen LogP contribution in [0, 0.1) is 10.1 Å². The Balaban J connectivity index is 1.59. The predicted molar refractivity (Wildman–Crippen MR) is 106 cm³/mol. The van der Waals surface area contributed by atoms with E-state index in [2.05, 4.69) is 10.3 Å². The van der Waals surface area contributed by atoms with E-state index >= 15 is 0 Å². The van der Waals surface area contributed by atoms with Gasteiger partial charge < -0.3 is 4.74 Å². The molecule has 3 rings (SSSR count). The fourth-order valence-corrected chi connectivity index (χ4v) is 3.71. The summed E-state index contributed by atoms with van der Waals surface area (Å²) in [5, 5.41) is 17.3. The standard InChI is InChI=1S/C18H15N3O5S2/c1-11(26-16(22)9-14-6-3-7-27-14)17(23)20-18-19-15(10-28-18)12-4-2-5-13(8-12)21(24)25/h2-8,10-11H,9H2,1H3,(H,19,20,23). The van der Waals surface area contributed by atoms with Gasteiger partial charge in [-0.25, -0.2) is 4.98 Å². The Morgan fingerprint density at radius 2 is 2.11 bits per heavy atom. The van der Waals surface area contributed by atoms with Crippen molar-refractivity contribution in [2.45, 2.75) is 19.4 Å². The zero-order chi connectivity index (χ0) is 20.1. The Bertz CT molecular complexity index is 1000. The second kappa shape index (κ2) is 8.72. The van der Waals surface area contributed by atoms with Gasteiger partial charge in [-0.1, -0.05) is 18.2 Å². The number of nitro benzene ring substituents is 1. The molecule has 2 heterocycles. The normalized spacial score (nSPS) is 11.6. The molecule has 0 bridgehead atoms. The first-order valence-corrected chi connectivity index (χ1v) is 9.91. The molecule has 0 spiro atoms. The molecule has 144 valence electrons. The molecule has 1 amide bonds. The van der Waals surface area contributed by atoms with Crippen molar-refractivity contribution >= 4 is 45.4 Å². The number of carbonyl (C=O) groups is 2. The maximum atomic E-state index is 12.2. The summed E-state index contributed by atoms with van der Waals surface area (Å²) < 4.78 is 5.15. The van der Waals surface area contributed by atoms with Crippen LogP contribution in [-0.2, 0) is 20.7 Å². The Morgan fingerprint density at radius 1 is 1.29 bits per heavy atom. The largest absolute Gasteiger partial charge is 0.452 e. The van der Waals surface area contributed by atoms with Gasteiger partial charge in [0.2, 0.25) is 0 Å². The summed E-state index contributed by atoms with van der Waals surface area (Å²) in [4.78, 5) is 39.7. The quantitative estimate of drug-likeness (QED) is 0.355. The molecule has 0 aliphatic carbocycles. The number of amides is 1. The third kappa shape index (κ3) is 4.99. The number of thiazole rings is 1. The minimum Gasteiger partial charge on any atom is -0.452 e. The van der Waals surface area contributed by atoms with Gasteiger partial charge in [-0.05, 0) is 18.4 Å². The van der Waals surface area contributed by atoms with Gasteiger partial charge in [0.05, 0.1) is 17.0 Å². The molecular formula is C18H15N3O5S2. The number of aromatic nitrogens is 1. The van der Waals surface area contributed by atoms with Crippen LogP contribution in [0.25, 0.3) is 11.3 Å². The predicted octanol–water partition coefficient (Wildman–Crippen LogP) is 3.89. The van der Waals surface area contributed by atoms with Crippen molar-refractivity contribution in [2.75, 3.05) is 5.32 Å². The maximum absolute atomic E-state index is 12.2. The molecule has 10 heteroatoms. The molecule has 0 radical (unpaired) electrons. The van der Waals surface area contributed by atoms with Crippen LogP contribution < -0.4 is 5.32 Å². The smallest absolute Gasteiger partial charge is 0.311 e. The van der Waals surface area contributed by atoms with Crippen LogP contribution in [0.3, 0.4) is 0 Å². The topological polar surface area (TPSA) is 111 Å². The fraction of sp³-hybridized carbons (Fsp3) is 0.167. The molecule has 8 nitrogen and oxygen atoms in total. The number of ether oxygens (including phenoxy) is 1. The molecule has 0 aliphatic heterocycles. The third-order valence-corrected chi connectivity index (χ3v) is 5.30. The summed E-state index contributed by atoms with van der Waals surface area (Å²) in [6.07, 6.45) is -0.860. The van der Waals surface area contributed by atoms with Crippen molar-refractivity contribution in [3.63, 3.8) is 0 Å². The minimum absolute atomic E-state index is 0.0395. The molecule has 3 aromatic rings. The van der Waals surface area contributed by atoms with Gasteiger partial charge in [-0.15, -0.1) is 22.7 Å². The number of benzene rings is 1. The second-order valence-corrected chi connectivity index (χ2v) is 7.61. The first-order chi connectivity index (χ1) is 13.4. The molecule has 0 saturated heterocycles. The van der Waals surface area contributed by atoms with E-state index in [1.165, 1.54) is 41.7 Å². The molecule has 0 fully saturated rings. The van der Waals surface area contributed by atoms with Crippen molar-refractivity contribution in [3.8, 4) is 11.3 Å². The average molecular weight is 417 g/mol. The zero-order valence-corrected chi connectivity index (χ0v) is 16.3. The number of hydrogen-bond donors (Lipinski definition) is 1. The Labute approximate surface area is 168 Å². The molecule has 0 saturated carbocycles. The van der Waals surface area contributed by atoms with E-state index < -0.39 is 22.9 Å². The minimum atomic E-state index is -0.974. The summed E-state index contributed by atoms with van der Waals surface area (Å²) in [5.41, 5.74) is 1.04. The van der Waals surface area contributed by atoms with E-state index in [9.17, 15) is 19.7 Å². The highest BCUT2D eigenvalue weighted by Crippen LogP contribution is 2.27. The SMILES string of the molecule is CC(OC(=O)Cc1cccs1)C(=O)Nc1nc(-c2cccc([N+](=O)[O-])c2)cs1. The van der Waals surface area contributed by atoms with E-state index in [0.29, 0.717) is 16.4 Å². The lowest BCUT2D eigenvalue weighted by Gasteiger charge is -2.11. The maximum Gasteiger partial charge on any atom is 0.311 e. The van der Waals surface area contributed by atoms with E-state index in [1.807, 2.05) is 17.5 Å². The summed E-state index contributed by atoms with van der Waals surface area (Å²) in [5.74, 6) is -0.985. The number of esters is 1. The first kappa shape index (κ1) is 19.6. The molecule has 28 heavy (non-hydrogen) atoms. The van der Waals surface area contributed by atoms with Crippen LogP contribution in [0.4, 0.5) is 10.8 Å². The number of thiophene rings is 1. The van der Waals surface area contributed by atoms with Gasteiger partial charge in [0.25, 0.3) is 11.6 Å². The number of nitrogens with one attached hydrogen (secondary N) is 1. The highest BCUT2D eigenvalue weighted by molar-refractivity contribution is 7.14. The number of anilines is 1. The highest BCUT2D eigenvalue weighted by atomic mass is 32.1. The number of nitrogens with zero attached hydrogens (tertiary/aromatic N) is 2. The van der Waals surface area contributed by atoms with Crippen molar-refractivity contribution in [3.05, 3.63) is 62.1 Å². The van der Waals surface area contributed by atoms with Crippen LogP contribution >= 0.6 is 22.7 Å². The van der Waals surface area contributed by atoms with E-state index in [4.69, 9.17) is 4.74 Å². The van der Waals surface area contributed by atoms with Gasteiger partial charge in [-0.3, -0.25) is 25.0 Å². The summed E-state index contributed by atoms with van der Waals surface area (Å²) in [6.45, 7) is 1.48. The van der Waals surface area contributed by atoms with E-state index in [0.717, 1.165) is 4.88 Å². The number of nitro groups is 1. The number of non-ortho nitro benzene ring substituents is 1. The van der Waals surface area contributed by atoms with Crippen molar-refractivity contribution in [1.29, 1.82) is 0 Å². The third-order valence-electron chi connectivity index (χ3n) is 3.66. The van der Waals surface area contributed by atoms with Crippen molar-refractivity contribution in [2.24, 2.45) is 0 Å². The number of hydrogen-bond acceptors (Lipinski definition) is 8. The highest BCUT2D eigenvalue weighted by Gasteiger charge is 2.20. The molecule has 2 aromatic heterocycles. The lowest BCUT2D eigenvalue weighted by atomic mass is 10.1. The molecule has 1 aromatic carbocycles. The Morgan fingerprint density at radius 3 is 2.82 bits per heavy atom. The van der Waals surface area contributed by atoms with Crippen LogP contribution in [0.1, 0.15) is 11.8 Å². The van der Waals surface area contributed by atoms with Crippen LogP contribution in [-0.4, -0.2) is 27.9 Å². The lowest BCUT2D eigenvalue weighted by Crippen LogP contribution is -2.30. The van der Waals surface area contributed by atoms with Gasteiger partial charge in [-0.2, -0.15) is 0 Å². The zero-order valence-electron chi connectivity index (χ0n) is 14.7. The molecule has 1 N–H and O–H groups in total. The van der Waals surface area contributed by atoms with E-state index in [1.54, 1.807) is 17.5 Å². The van der Waals surface area contributed by atoms with Crippen molar-refractivity contribution in [1.82, 2.24) is 4.98 Å². The molecular weight excluding hydrogens is 402 g/mol. The fourth-order valence-electron chi connectivity index (χ4n) is 2.30. The summed E-state index contributed by atoms with van der Waals surface area (Å²) in [6, 6.07) is 9.73. The number of carbonyl (C=O) groups excluding carboxylic acids is 2. The lowest BCUT2D eigenvalue weighted by molar-refractivity contribution is -0.384. The Hall–Kier alpha value is -3.11. The second-order valence-electron chi connectivity index (χ2n) is 5.72. The van der Waals surface area contributed by atoms with Crippen molar-refractivity contribution < 1.29 is 19.2 Å². The van der Waals surface area contributed by atoms with Crippen LogP contribution in [0.15, 0.2) is 47.2 Å². The Kier molecular flexibility index (Phi) is 6.12. The van der Waals surface area contributed by atoms with E-state index in [-0.39, 0.29) is 12.1 Å². The van der Waals surface area contributed by atoms with Gasteiger partial charge in [0.1, 0.15) is 0 Å². The summed E-state index contributed by atoms with van der Waals surface area (Å²) in [7, 11) is 0. The summed E-state index contributed by atoms with van der Waals surface area (Å²) >= 11 is 2.62. The van der Waals surface area contributed by atoms with Gasteiger partial charge in [0, 0.05) is 28.0 Å². The van der Waals surface area contributed by atoms with Crippen LogP contribution in [0.2, 0.25) is 0 Å². The van der Waals surface area contributed by atoms with Crippen LogP contribution in [0.5, 0.6) is 0 Å². The van der Waals surface area contributed by atoms with Gasteiger partial charge >= 0.3 is 5.97 Å². The first-order valence-electron chi connectivity index (χ1n) is 8.15. The van der Waals surface area contributed by atoms with Gasteiger partial charge in [0.15, 0.2) is 11.2 Å². The molecule has 0 aliphatic rings. The molecule has 1 unspecified atom stereocenters.